The highest BCUT2D eigenvalue weighted by Gasteiger charge is 2.77. The van der Waals surface area contributed by atoms with Crippen molar-refractivity contribution in [2.24, 2.45) is 17.8 Å². The Morgan fingerprint density at radius 1 is 0.897 bits per heavy atom. The second-order valence-corrected chi connectivity index (χ2v) is 15.5. The maximum absolute atomic E-state index is 15.4. The van der Waals surface area contributed by atoms with Gasteiger partial charge in [-0.05, 0) is 30.7 Å². The number of para-hydroxylation sites is 1. The van der Waals surface area contributed by atoms with Gasteiger partial charge in [0.15, 0.2) is 38.7 Å². The van der Waals surface area contributed by atoms with Crippen molar-refractivity contribution in [1.82, 2.24) is 0 Å². The fraction of sp³-hybridized carbons (Fsp3) is 0.297. The van der Waals surface area contributed by atoms with Gasteiger partial charge >= 0.3 is 11.4 Å². The normalized spacial score (nSPS) is 26.3. The summed E-state index contributed by atoms with van der Waals surface area (Å²) in [5.74, 6) is -24.9. The molecule has 4 amide bonds. The summed E-state index contributed by atoms with van der Waals surface area (Å²) in [6.45, 7) is 3.63. The molecule has 1 saturated carbocycles. The molecule has 0 bridgehead atoms. The molecular weight excluding hydrogens is 824 g/mol. The summed E-state index contributed by atoms with van der Waals surface area (Å²) in [7, 11) is 2.60. The third kappa shape index (κ3) is 5.21. The molecule has 2 aliphatic heterocycles. The van der Waals surface area contributed by atoms with Crippen LogP contribution in [0.4, 0.5) is 50.4 Å². The molecule has 58 heavy (non-hydrogen) atoms. The Morgan fingerprint density at radius 3 is 2.00 bits per heavy atom. The van der Waals surface area contributed by atoms with E-state index in [1.807, 2.05) is 0 Å². The van der Waals surface area contributed by atoms with E-state index in [1.54, 1.807) is 0 Å². The Morgan fingerprint density at radius 2 is 1.47 bits per heavy atom. The maximum atomic E-state index is 15.4. The summed E-state index contributed by atoms with van der Waals surface area (Å²) < 4.78 is 74.0. The third-order valence-corrected chi connectivity index (χ3v) is 12.6. The predicted molar refractivity (Wildman–Crippen MR) is 195 cm³/mol. The number of nitrogens with zero attached hydrogens (tertiary/aromatic N) is 5. The van der Waals surface area contributed by atoms with Crippen LogP contribution < -0.4 is 14.7 Å². The predicted octanol–water partition coefficient (Wildman–Crippen LogP) is 6.47. The van der Waals surface area contributed by atoms with Crippen molar-refractivity contribution in [3.63, 3.8) is 0 Å². The first-order chi connectivity index (χ1) is 27.2. The van der Waals surface area contributed by atoms with Gasteiger partial charge in [-0.2, -0.15) is 0 Å². The lowest BCUT2D eigenvalue weighted by atomic mass is 9.56. The lowest BCUT2D eigenvalue weighted by molar-refractivity contribution is -0.392. The molecule has 21 heteroatoms. The number of phenolic OH excluding ortho intramolecular Hbond substituents is 1. The van der Waals surface area contributed by atoms with E-state index in [-0.39, 0.29) is 34.4 Å². The van der Waals surface area contributed by atoms with Gasteiger partial charge in [0, 0.05) is 37.7 Å². The lowest BCUT2D eigenvalue weighted by Crippen LogP contribution is -2.60. The Hall–Kier alpha value is -5.95. The summed E-state index contributed by atoms with van der Waals surface area (Å²) in [4.78, 5) is 75.4. The zero-order valence-corrected chi connectivity index (χ0v) is 31.3. The third-order valence-electron chi connectivity index (χ3n) is 11.2. The molecule has 3 aromatic carbocycles. The van der Waals surface area contributed by atoms with Crippen LogP contribution in [0.25, 0.3) is 0 Å². The number of carbonyl (C=O) groups excluding carboxylic acids is 4. The number of fused-ring (bicyclic) bond motifs is 4. The number of carbonyl (C=O) groups is 4. The van der Waals surface area contributed by atoms with E-state index in [0.717, 1.165) is 17.0 Å². The number of rotatable bonds is 8. The number of halogens is 7. The molecule has 0 spiro atoms. The molecule has 0 radical (unpaired) electrons. The molecule has 0 aromatic heterocycles. The summed E-state index contributed by atoms with van der Waals surface area (Å²) in [6.07, 6.45) is 1.62. The summed E-state index contributed by atoms with van der Waals surface area (Å²) in [6, 6.07) is 5.72. The molecule has 7 rings (SSSR count). The van der Waals surface area contributed by atoms with E-state index in [1.165, 1.54) is 44.4 Å². The van der Waals surface area contributed by atoms with Crippen LogP contribution in [0, 0.1) is 67.1 Å². The quantitative estimate of drug-likeness (QED) is 0.0385. The molecule has 2 aliphatic carbocycles. The van der Waals surface area contributed by atoms with Gasteiger partial charge in [0.1, 0.15) is 11.4 Å². The number of alkyl halides is 2. The van der Waals surface area contributed by atoms with Crippen molar-refractivity contribution in [3.8, 4) is 5.75 Å². The number of nitro benzene ring substituents is 2. The van der Waals surface area contributed by atoms with Crippen LogP contribution in [0.3, 0.4) is 0 Å². The molecule has 4 aliphatic rings. The zero-order valence-electron chi connectivity index (χ0n) is 29.8. The highest BCUT2D eigenvalue weighted by molar-refractivity contribution is 6.58. The minimum Gasteiger partial charge on any atom is -0.507 e. The molecule has 1 N–H and O–H groups in total. The Balaban J connectivity index is 1.44. The highest BCUT2D eigenvalue weighted by Crippen LogP contribution is 2.67. The SMILES string of the molecule is C=CCc1cccc(C2C3=CCC4C(=O)N(c5cc([N+](=O)[O-])c(N(C)C)c([N+](=O)[O-])c5)C(=O)C4C3CC3(Cl)C(=O)N(c4c(F)c(F)c(F)c(F)c4F)C(=O)C23Cl)c1O. The first kappa shape index (κ1) is 40.3. The number of nitro groups is 2. The van der Waals surface area contributed by atoms with E-state index >= 15 is 8.78 Å². The van der Waals surface area contributed by atoms with Crippen molar-refractivity contribution in [2.45, 2.75) is 34.9 Å². The highest BCUT2D eigenvalue weighted by atomic mass is 35.5. The Kier molecular flexibility index (Phi) is 9.42. The fourth-order valence-corrected chi connectivity index (χ4v) is 9.71. The van der Waals surface area contributed by atoms with Crippen LogP contribution in [-0.2, 0) is 25.6 Å². The number of hydrogen-bond donors (Lipinski definition) is 1. The smallest absolute Gasteiger partial charge is 0.301 e. The number of benzene rings is 3. The van der Waals surface area contributed by atoms with E-state index in [0.29, 0.717) is 4.90 Å². The molecule has 3 aromatic rings. The first-order valence-electron chi connectivity index (χ1n) is 17.1. The number of allylic oxidation sites excluding steroid dienone is 3. The van der Waals surface area contributed by atoms with Crippen LogP contribution in [-0.4, -0.2) is 62.4 Å². The minimum absolute atomic E-state index is 0.0157. The molecular formula is C37H26Cl2F5N5O9. The molecule has 6 unspecified atom stereocenters. The fourth-order valence-electron chi connectivity index (χ4n) is 8.79. The van der Waals surface area contributed by atoms with Gasteiger partial charge in [0.2, 0.25) is 17.6 Å². The monoisotopic (exact) mass is 849 g/mol. The van der Waals surface area contributed by atoms with Gasteiger partial charge in [-0.1, -0.05) is 35.9 Å². The number of amides is 4. The van der Waals surface area contributed by atoms with Crippen LogP contribution in [0.2, 0.25) is 0 Å². The topological polar surface area (TPSA) is 185 Å². The second-order valence-electron chi connectivity index (χ2n) is 14.3. The first-order valence-corrected chi connectivity index (χ1v) is 17.8. The van der Waals surface area contributed by atoms with E-state index in [9.17, 15) is 57.7 Å². The van der Waals surface area contributed by atoms with E-state index in [4.69, 9.17) is 23.2 Å². The summed E-state index contributed by atoms with van der Waals surface area (Å²) in [5.41, 5.74) is -4.64. The molecule has 2 saturated heterocycles. The van der Waals surface area contributed by atoms with Crippen molar-refractivity contribution in [3.05, 3.63) is 115 Å². The van der Waals surface area contributed by atoms with Crippen molar-refractivity contribution < 1.29 is 56.1 Å². The number of phenols is 1. The largest absolute Gasteiger partial charge is 0.507 e. The minimum atomic E-state index is -2.92. The standard InChI is InChI=1S/C37H26Cl2F5N5O9/c1-4-6-14-7-5-8-18(31(14)50)23-16-9-10-17-22(33(52)46(32(17)51)15-11-20(48(55)56)29(45(2)3)21(12-15)49(57)58)19(16)13-36(38)34(53)47(35(54)37(23,36)39)30-27(43)25(41)24(40)26(42)28(30)44/h4-5,7-9,11-12,17,19,22-23,50H,1,6,10,13H2,2-3H3. The number of hydrogen-bond acceptors (Lipinski definition) is 10. The average molecular weight is 851 g/mol. The average Bonchev–Trinajstić information content (AvgIpc) is 3.51. The Labute approximate surface area is 333 Å². The van der Waals surface area contributed by atoms with Crippen molar-refractivity contribution in [1.29, 1.82) is 0 Å². The molecule has 2 heterocycles. The molecule has 14 nitrogen and oxygen atoms in total. The van der Waals surface area contributed by atoms with Gasteiger partial charge in [0.25, 0.3) is 11.8 Å². The Bertz CT molecular complexity index is 2440. The summed E-state index contributed by atoms with van der Waals surface area (Å²) >= 11 is 14.3. The van der Waals surface area contributed by atoms with Gasteiger partial charge in [0.05, 0.1) is 27.4 Å². The van der Waals surface area contributed by atoms with E-state index in [2.05, 4.69) is 6.58 Å². The van der Waals surface area contributed by atoms with Crippen molar-refractivity contribution >= 4 is 75.3 Å². The van der Waals surface area contributed by atoms with Gasteiger partial charge in [-0.15, -0.1) is 29.8 Å². The maximum Gasteiger partial charge on any atom is 0.301 e. The number of aromatic hydroxyl groups is 1. The molecule has 6 atom stereocenters. The lowest BCUT2D eigenvalue weighted by Gasteiger charge is -2.50. The van der Waals surface area contributed by atoms with Crippen molar-refractivity contribution in [2.75, 3.05) is 28.8 Å². The van der Waals surface area contributed by atoms with Gasteiger partial charge in [-0.25, -0.2) is 31.8 Å². The van der Waals surface area contributed by atoms with Gasteiger partial charge < -0.3 is 10.0 Å². The molecule has 3 fully saturated rings. The molecule has 302 valence electrons. The second kappa shape index (κ2) is 13.6. The van der Waals surface area contributed by atoms with E-state index < -0.39 is 137 Å². The zero-order chi connectivity index (χ0) is 42.7. The van der Waals surface area contributed by atoms with Crippen LogP contribution in [0.15, 0.2) is 54.6 Å². The van der Waals surface area contributed by atoms with Crippen LogP contribution in [0.1, 0.15) is 29.9 Å². The number of imide groups is 2. The number of anilines is 3. The van der Waals surface area contributed by atoms with Crippen LogP contribution >= 0.6 is 23.2 Å². The van der Waals surface area contributed by atoms with Gasteiger partial charge in [-0.3, -0.25) is 39.4 Å². The van der Waals surface area contributed by atoms with Crippen LogP contribution in [0.5, 0.6) is 5.75 Å². The summed E-state index contributed by atoms with van der Waals surface area (Å²) in [5, 5.41) is 35.8.